The molecule has 0 radical (unpaired) electrons. The van der Waals surface area contributed by atoms with Gasteiger partial charge in [-0.05, 0) is 55.7 Å². The molecule has 0 aliphatic heterocycles. The number of carbonyl (C=O) groups excluding carboxylic acids is 2. The number of ether oxygens (including phenoxy) is 1. The summed E-state index contributed by atoms with van der Waals surface area (Å²) in [5.41, 5.74) is 2.51. The first-order valence-electron chi connectivity index (χ1n) is 12.9. The molecule has 0 aromatic heterocycles. The normalized spacial score (nSPS) is 12.1. The van der Waals surface area contributed by atoms with Gasteiger partial charge in [-0.25, -0.2) is 8.42 Å². The summed E-state index contributed by atoms with van der Waals surface area (Å²) in [7, 11) is -2.48. The minimum absolute atomic E-state index is 0.00404. The topological polar surface area (TPSA) is 96.0 Å². The Balaban J connectivity index is 2.11. The Morgan fingerprint density at radius 3 is 2.25 bits per heavy atom. The number of nitrogens with zero attached hydrogens (tertiary/aromatic N) is 2. The van der Waals surface area contributed by atoms with Crippen molar-refractivity contribution >= 4 is 39.1 Å². The van der Waals surface area contributed by atoms with E-state index in [0.717, 1.165) is 21.7 Å². The molecule has 3 aromatic carbocycles. The number of aryl methyl sites for hydroxylation is 1. The van der Waals surface area contributed by atoms with Crippen LogP contribution in [0.15, 0.2) is 72.8 Å². The van der Waals surface area contributed by atoms with Gasteiger partial charge in [0.1, 0.15) is 18.3 Å². The molecule has 1 unspecified atom stereocenters. The van der Waals surface area contributed by atoms with Gasteiger partial charge in [0, 0.05) is 24.0 Å². The summed E-state index contributed by atoms with van der Waals surface area (Å²) in [4.78, 5) is 29.1. The van der Waals surface area contributed by atoms with Crippen molar-refractivity contribution in [3.63, 3.8) is 0 Å². The van der Waals surface area contributed by atoms with Crippen molar-refractivity contribution in [3.05, 3.63) is 94.5 Å². The molecule has 0 bridgehead atoms. The average molecular weight is 586 g/mol. The van der Waals surface area contributed by atoms with Crippen LogP contribution in [0.4, 0.5) is 5.69 Å². The fourth-order valence-electron chi connectivity index (χ4n) is 4.33. The lowest BCUT2D eigenvalue weighted by Gasteiger charge is -2.34. The smallest absolute Gasteiger partial charge is 0.244 e. The van der Waals surface area contributed by atoms with Crippen molar-refractivity contribution < 1.29 is 22.7 Å². The van der Waals surface area contributed by atoms with Crippen LogP contribution in [0, 0.1) is 6.92 Å². The maximum atomic E-state index is 14.2. The van der Waals surface area contributed by atoms with Crippen LogP contribution in [0.1, 0.15) is 30.5 Å². The van der Waals surface area contributed by atoms with E-state index < -0.39 is 28.5 Å². The number of anilines is 1. The predicted molar refractivity (Wildman–Crippen MR) is 159 cm³/mol. The number of hydrogen-bond donors (Lipinski definition) is 1. The molecule has 0 fully saturated rings. The van der Waals surface area contributed by atoms with Crippen molar-refractivity contribution in [2.24, 2.45) is 0 Å². The molecule has 0 heterocycles. The molecule has 0 saturated heterocycles. The Morgan fingerprint density at radius 1 is 1.00 bits per heavy atom. The monoisotopic (exact) mass is 585 g/mol. The fourth-order valence-corrected chi connectivity index (χ4v) is 5.37. The van der Waals surface area contributed by atoms with Gasteiger partial charge in [0.05, 0.1) is 19.1 Å². The van der Waals surface area contributed by atoms with Crippen LogP contribution in [-0.2, 0) is 32.6 Å². The Hall–Kier alpha value is -3.56. The molecule has 10 heteroatoms. The average Bonchev–Trinajstić information content (AvgIpc) is 2.89. The molecule has 3 rings (SSSR count). The molecule has 0 aliphatic rings. The first-order valence-corrected chi connectivity index (χ1v) is 15.1. The van der Waals surface area contributed by atoms with Gasteiger partial charge in [-0.2, -0.15) is 0 Å². The lowest BCUT2D eigenvalue weighted by Crippen LogP contribution is -2.54. The molecule has 0 aliphatic carbocycles. The van der Waals surface area contributed by atoms with Crippen molar-refractivity contribution in [1.29, 1.82) is 0 Å². The molecule has 40 heavy (non-hydrogen) atoms. The standard InChI is InChI=1S/C30H36ClN3O5S/c1-21(2)32-30(36)27(18-23-11-7-6-8-12-23)33(19-24-13-9-10-14-25(24)31)29(35)20-34(40(5,37)38)26-17-22(3)15-16-28(26)39-4/h6-17,21,27H,18-20H2,1-5H3,(H,32,36). The van der Waals surface area contributed by atoms with Crippen molar-refractivity contribution in [2.45, 2.75) is 45.8 Å². The van der Waals surface area contributed by atoms with E-state index in [0.29, 0.717) is 16.3 Å². The molecule has 0 spiro atoms. The second-order valence-electron chi connectivity index (χ2n) is 9.93. The number of halogens is 1. The van der Waals surface area contributed by atoms with Crippen molar-refractivity contribution in [3.8, 4) is 5.75 Å². The van der Waals surface area contributed by atoms with Gasteiger partial charge in [-0.1, -0.05) is 66.2 Å². The lowest BCUT2D eigenvalue weighted by molar-refractivity contribution is -0.140. The summed E-state index contributed by atoms with van der Waals surface area (Å²) in [5, 5.41) is 3.36. The highest BCUT2D eigenvalue weighted by atomic mass is 35.5. The molecule has 8 nitrogen and oxygen atoms in total. The van der Waals surface area contributed by atoms with Gasteiger partial charge in [-0.3, -0.25) is 13.9 Å². The van der Waals surface area contributed by atoms with E-state index in [2.05, 4.69) is 5.32 Å². The highest BCUT2D eigenvalue weighted by Gasteiger charge is 2.34. The lowest BCUT2D eigenvalue weighted by atomic mass is 10.0. The van der Waals surface area contributed by atoms with E-state index in [4.69, 9.17) is 16.3 Å². The molecule has 1 atom stereocenters. The van der Waals surface area contributed by atoms with Gasteiger partial charge in [-0.15, -0.1) is 0 Å². The SMILES string of the molecule is COc1ccc(C)cc1N(CC(=O)N(Cc1ccccc1Cl)C(Cc1ccccc1)C(=O)NC(C)C)S(C)(=O)=O. The van der Waals surface area contributed by atoms with Gasteiger partial charge in [0.15, 0.2) is 0 Å². The number of rotatable bonds is 12. The molecular weight excluding hydrogens is 550 g/mol. The maximum absolute atomic E-state index is 14.2. The second-order valence-corrected chi connectivity index (χ2v) is 12.2. The van der Waals surface area contributed by atoms with Crippen molar-refractivity contribution in [2.75, 3.05) is 24.2 Å². The number of amides is 2. The Kier molecular flexibility index (Phi) is 10.6. The number of carbonyl (C=O) groups is 2. The largest absolute Gasteiger partial charge is 0.495 e. The van der Waals surface area contributed by atoms with Gasteiger partial charge in [0.2, 0.25) is 21.8 Å². The first kappa shape index (κ1) is 31.0. The third-order valence-electron chi connectivity index (χ3n) is 6.28. The molecule has 2 amide bonds. The molecular formula is C30H36ClN3O5S. The summed E-state index contributed by atoms with van der Waals surface area (Å²) < 4.78 is 32.5. The third-order valence-corrected chi connectivity index (χ3v) is 7.78. The van der Waals surface area contributed by atoms with Gasteiger partial charge < -0.3 is 15.0 Å². The van der Waals surface area contributed by atoms with Gasteiger partial charge in [0.25, 0.3) is 0 Å². The molecule has 0 saturated carbocycles. The van der Waals surface area contributed by atoms with Crippen LogP contribution in [0.2, 0.25) is 5.02 Å². The molecule has 214 valence electrons. The van der Waals surface area contributed by atoms with E-state index in [-0.39, 0.29) is 30.6 Å². The van der Waals surface area contributed by atoms with E-state index in [9.17, 15) is 18.0 Å². The van der Waals surface area contributed by atoms with E-state index in [1.54, 1.807) is 42.5 Å². The fraction of sp³-hybridized carbons (Fsp3) is 0.333. The highest BCUT2D eigenvalue weighted by molar-refractivity contribution is 7.92. The number of methoxy groups -OCH3 is 1. The summed E-state index contributed by atoms with van der Waals surface area (Å²) in [6.45, 7) is 4.97. The van der Waals surface area contributed by atoms with E-state index in [1.165, 1.54) is 12.0 Å². The van der Waals surface area contributed by atoms with Crippen LogP contribution < -0.4 is 14.4 Å². The highest BCUT2D eigenvalue weighted by Crippen LogP contribution is 2.31. The van der Waals surface area contributed by atoms with E-state index >= 15 is 0 Å². The van der Waals surface area contributed by atoms with Crippen LogP contribution in [0.25, 0.3) is 0 Å². The molecule has 1 N–H and O–H groups in total. The maximum Gasteiger partial charge on any atom is 0.244 e. The number of benzene rings is 3. The van der Waals surface area contributed by atoms with Crippen LogP contribution in [0.3, 0.4) is 0 Å². The third kappa shape index (κ3) is 8.22. The minimum atomic E-state index is -3.92. The zero-order valence-electron chi connectivity index (χ0n) is 23.4. The zero-order chi connectivity index (χ0) is 29.4. The van der Waals surface area contributed by atoms with Crippen molar-refractivity contribution in [1.82, 2.24) is 10.2 Å². The van der Waals surface area contributed by atoms with Crippen LogP contribution in [0.5, 0.6) is 5.75 Å². The Morgan fingerprint density at radius 2 is 1.65 bits per heavy atom. The minimum Gasteiger partial charge on any atom is -0.495 e. The quantitative estimate of drug-likeness (QED) is 0.335. The van der Waals surface area contributed by atoms with Crippen LogP contribution in [-0.4, -0.2) is 57.1 Å². The summed E-state index contributed by atoms with van der Waals surface area (Å²) in [6, 6.07) is 20.4. The summed E-state index contributed by atoms with van der Waals surface area (Å²) >= 11 is 6.47. The molecule has 3 aromatic rings. The van der Waals surface area contributed by atoms with Crippen LogP contribution >= 0.6 is 11.6 Å². The number of sulfonamides is 1. The summed E-state index contributed by atoms with van der Waals surface area (Å²) in [5.74, 6) is -0.605. The summed E-state index contributed by atoms with van der Waals surface area (Å²) in [6.07, 6.45) is 1.26. The van der Waals surface area contributed by atoms with Gasteiger partial charge >= 0.3 is 0 Å². The Bertz CT molecular complexity index is 1430. The Labute approximate surface area is 241 Å². The number of hydrogen-bond acceptors (Lipinski definition) is 5. The zero-order valence-corrected chi connectivity index (χ0v) is 25.0. The predicted octanol–water partition coefficient (Wildman–Crippen LogP) is 4.59. The van der Waals surface area contributed by atoms with E-state index in [1.807, 2.05) is 51.1 Å². The second kappa shape index (κ2) is 13.7. The first-order chi connectivity index (χ1) is 18.9. The number of nitrogens with one attached hydrogen (secondary N) is 1.